The molecule has 0 aliphatic rings. The Morgan fingerprint density at radius 2 is 2.12 bits per heavy atom. The van der Waals surface area contributed by atoms with Crippen molar-refractivity contribution < 1.29 is 0 Å². The molecule has 0 nitrogen and oxygen atoms in total. The van der Waals surface area contributed by atoms with Gasteiger partial charge < -0.3 is 0 Å². The molecule has 0 N–H and O–H groups in total. The minimum absolute atomic E-state index is 0.00301. The fourth-order valence-corrected chi connectivity index (χ4v) is 2.86. The Balaban J connectivity index is 2.14. The summed E-state index contributed by atoms with van der Waals surface area (Å²) in [5.74, 6) is 0. The fraction of sp³-hybridized carbons (Fsp3) is 0.231. The minimum atomic E-state index is -0.00301. The number of benzene rings is 1. The number of aryl methyl sites for hydroxylation is 1. The SMILES string of the molecule is Cc1ccc(C(Cl)Cc2cccs2)cc1Cl. The second-order valence-electron chi connectivity index (χ2n) is 3.76. The molecule has 3 heteroatoms. The van der Waals surface area contributed by atoms with Gasteiger partial charge in [-0.3, -0.25) is 0 Å². The van der Waals surface area contributed by atoms with Crippen LogP contribution in [-0.4, -0.2) is 0 Å². The Bertz CT molecular complexity index is 463. The van der Waals surface area contributed by atoms with Crippen molar-refractivity contribution in [2.24, 2.45) is 0 Å². The monoisotopic (exact) mass is 270 g/mol. The maximum Gasteiger partial charge on any atom is 0.0633 e. The molecule has 84 valence electrons. The summed E-state index contributed by atoms with van der Waals surface area (Å²) in [7, 11) is 0. The summed E-state index contributed by atoms with van der Waals surface area (Å²) in [5, 5.41) is 2.85. The molecule has 0 fully saturated rings. The quantitative estimate of drug-likeness (QED) is 0.670. The van der Waals surface area contributed by atoms with Crippen LogP contribution in [0.5, 0.6) is 0 Å². The molecule has 0 bridgehead atoms. The summed E-state index contributed by atoms with van der Waals surface area (Å²) >= 11 is 14.2. The van der Waals surface area contributed by atoms with Gasteiger partial charge in [0.2, 0.25) is 0 Å². The average Bonchev–Trinajstić information content (AvgIpc) is 2.74. The van der Waals surface area contributed by atoms with E-state index in [1.54, 1.807) is 11.3 Å². The molecule has 0 amide bonds. The van der Waals surface area contributed by atoms with Gasteiger partial charge in [0.05, 0.1) is 5.38 Å². The first kappa shape index (κ1) is 12.0. The van der Waals surface area contributed by atoms with Crippen molar-refractivity contribution >= 4 is 34.5 Å². The highest BCUT2D eigenvalue weighted by molar-refractivity contribution is 7.09. The highest BCUT2D eigenvalue weighted by Crippen LogP contribution is 2.29. The molecular weight excluding hydrogens is 259 g/mol. The van der Waals surface area contributed by atoms with Gasteiger partial charge in [-0.15, -0.1) is 22.9 Å². The summed E-state index contributed by atoms with van der Waals surface area (Å²) in [4.78, 5) is 1.30. The minimum Gasteiger partial charge on any atom is -0.149 e. The molecular formula is C13H12Cl2S. The second kappa shape index (κ2) is 5.22. The van der Waals surface area contributed by atoms with Crippen LogP contribution in [0.3, 0.4) is 0 Å². The van der Waals surface area contributed by atoms with Crippen molar-refractivity contribution in [1.82, 2.24) is 0 Å². The van der Waals surface area contributed by atoms with Gasteiger partial charge in [-0.25, -0.2) is 0 Å². The molecule has 0 spiro atoms. The Kier molecular flexibility index (Phi) is 3.91. The molecule has 0 saturated heterocycles. The van der Waals surface area contributed by atoms with Crippen molar-refractivity contribution in [3.63, 3.8) is 0 Å². The van der Waals surface area contributed by atoms with Gasteiger partial charge in [0.15, 0.2) is 0 Å². The normalized spacial score (nSPS) is 12.7. The summed E-state index contributed by atoms with van der Waals surface area (Å²) in [6.07, 6.45) is 0.860. The van der Waals surface area contributed by atoms with E-state index >= 15 is 0 Å². The van der Waals surface area contributed by atoms with Crippen LogP contribution in [0.2, 0.25) is 5.02 Å². The Labute approximate surface area is 110 Å². The van der Waals surface area contributed by atoms with Gasteiger partial charge in [-0.1, -0.05) is 29.8 Å². The molecule has 16 heavy (non-hydrogen) atoms. The van der Waals surface area contributed by atoms with E-state index in [0.29, 0.717) is 0 Å². The van der Waals surface area contributed by atoms with E-state index in [1.807, 2.05) is 31.2 Å². The lowest BCUT2D eigenvalue weighted by molar-refractivity contribution is 0.937. The summed E-state index contributed by atoms with van der Waals surface area (Å²) in [6, 6.07) is 10.2. The Hall–Kier alpha value is -0.500. The van der Waals surface area contributed by atoms with E-state index in [4.69, 9.17) is 23.2 Å². The van der Waals surface area contributed by atoms with E-state index in [-0.39, 0.29) is 5.38 Å². The van der Waals surface area contributed by atoms with Crippen LogP contribution in [0.15, 0.2) is 35.7 Å². The third-order valence-corrected chi connectivity index (χ3v) is 4.23. The summed E-state index contributed by atoms with van der Waals surface area (Å²) in [5.41, 5.74) is 2.18. The van der Waals surface area contributed by atoms with E-state index < -0.39 is 0 Å². The number of thiophene rings is 1. The third kappa shape index (κ3) is 2.79. The molecule has 0 aliphatic heterocycles. The summed E-state index contributed by atoms with van der Waals surface area (Å²) < 4.78 is 0. The topological polar surface area (TPSA) is 0 Å². The van der Waals surface area contributed by atoms with Crippen molar-refractivity contribution in [2.75, 3.05) is 0 Å². The highest BCUT2D eigenvalue weighted by atomic mass is 35.5. The Morgan fingerprint density at radius 3 is 2.75 bits per heavy atom. The van der Waals surface area contributed by atoms with Crippen LogP contribution in [0.4, 0.5) is 0 Å². The summed E-state index contributed by atoms with van der Waals surface area (Å²) in [6.45, 7) is 1.99. The standard InChI is InChI=1S/C13H12Cl2S/c1-9-4-5-10(7-12(9)14)13(15)8-11-3-2-6-16-11/h2-7,13H,8H2,1H3. The van der Waals surface area contributed by atoms with Gasteiger partial charge in [0.25, 0.3) is 0 Å². The first-order valence-electron chi connectivity index (χ1n) is 5.09. The number of rotatable bonds is 3. The molecule has 1 atom stereocenters. The van der Waals surface area contributed by atoms with Gasteiger partial charge in [0, 0.05) is 16.3 Å². The van der Waals surface area contributed by atoms with Crippen LogP contribution in [-0.2, 0) is 6.42 Å². The third-order valence-electron chi connectivity index (χ3n) is 2.52. The zero-order valence-corrected chi connectivity index (χ0v) is 11.2. The molecule has 0 aliphatic carbocycles. The zero-order chi connectivity index (χ0) is 11.5. The molecule has 1 aromatic carbocycles. The predicted octanol–water partition coefficient (Wildman–Crippen LogP) is 5.23. The molecule has 0 radical (unpaired) electrons. The van der Waals surface area contributed by atoms with Crippen molar-refractivity contribution in [1.29, 1.82) is 0 Å². The number of alkyl halides is 1. The predicted molar refractivity (Wildman–Crippen MR) is 72.8 cm³/mol. The van der Waals surface area contributed by atoms with Crippen LogP contribution >= 0.6 is 34.5 Å². The first-order chi connectivity index (χ1) is 7.66. The fourth-order valence-electron chi connectivity index (χ4n) is 1.53. The van der Waals surface area contributed by atoms with Crippen LogP contribution < -0.4 is 0 Å². The van der Waals surface area contributed by atoms with Crippen LogP contribution in [0.25, 0.3) is 0 Å². The van der Waals surface area contributed by atoms with Crippen molar-refractivity contribution in [3.8, 4) is 0 Å². The van der Waals surface area contributed by atoms with E-state index in [2.05, 4.69) is 11.4 Å². The lowest BCUT2D eigenvalue weighted by atomic mass is 10.1. The van der Waals surface area contributed by atoms with Gasteiger partial charge in [0.1, 0.15) is 0 Å². The second-order valence-corrected chi connectivity index (χ2v) is 5.73. The van der Waals surface area contributed by atoms with E-state index in [9.17, 15) is 0 Å². The van der Waals surface area contributed by atoms with E-state index in [0.717, 1.165) is 22.6 Å². The molecule has 2 rings (SSSR count). The zero-order valence-electron chi connectivity index (χ0n) is 8.91. The molecule has 2 aromatic rings. The lowest BCUT2D eigenvalue weighted by Crippen LogP contribution is -1.94. The number of hydrogen-bond donors (Lipinski definition) is 0. The molecule has 1 aromatic heterocycles. The number of hydrogen-bond acceptors (Lipinski definition) is 1. The van der Waals surface area contributed by atoms with Crippen LogP contribution in [0.1, 0.15) is 21.4 Å². The maximum atomic E-state index is 6.37. The smallest absolute Gasteiger partial charge is 0.0633 e. The van der Waals surface area contributed by atoms with Crippen molar-refractivity contribution in [2.45, 2.75) is 18.7 Å². The highest BCUT2D eigenvalue weighted by Gasteiger charge is 2.10. The first-order valence-corrected chi connectivity index (χ1v) is 6.78. The van der Waals surface area contributed by atoms with E-state index in [1.165, 1.54) is 4.88 Å². The molecule has 0 saturated carbocycles. The molecule has 1 unspecified atom stereocenters. The lowest BCUT2D eigenvalue weighted by Gasteiger charge is -2.10. The van der Waals surface area contributed by atoms with Crippen LogP contribution in [0, 0.1) is 6.92 Å². The molecule has 1 heterocycles. The largest absolute Gasteiger partial charge is 0.149 e. The average molecular weight is 271 g/mol. The number of halogens is 2. The van der Waals surface area contributed by atoms with Gasteiger partial charge in [-0.05, 0) is 35.6 Å². The van der Waals surface area contributed by atoms with Gasteiger partial charge >= 0.3 is 0 Å². The van der Waals surface area contributed by atoms with Crippen molar-refractivity contribution in [3.05, 3.63) is 56.7 Å². The van der Waals surface area contributed by atoms with Gasteiger partial charge in [-0.2, -0.15) is 0 Å². The Morgan fingerprint density at radius 1 is 1.31 bits per heavy atom. The maximum absolute atomic E-state index is 6.37.